The van der Waals surface area contributed by atoms with E-state index in [4.69, 9.17) is 4.98 Å². The molecule has 7 rings (SSSR count). The number of amides is 1. The highest BCUT2D eigenvalue weighted by Crippen LogP contribution is 2.47. The molecule has 1 aromatic carbocycles. The number of carbonyl (C=O) groups is 2. The number of hydrogen-bond acceptors (Lipinski definition) is 6. The summed E-state index contributed by atoms with van der Waals surface area (Å²) in [4.78, 5) is 37.5. The Kier molecular flexibility index (Phi) is 7.44. The van der Waals surface area contributed by atoms with E-state index in [1.807, 2.05) is 29.3 Å². The van der Waals surface area contributed by atoms with Gasteiger partial charge in [0, 0.05) is 37.8 Å². The lowest BCUT2D eigenvalue weighted by atomic mass is 9.83. The predicted octanol–water partition coefficient (Wildman–Crippen LogP) is 6.47. The highest BCUT2D eigenvalue weighted by atomic mass is 32.1. The first kappa shape index (κ1) is 27.7. The first-order valence-electron chi connectivity index (χ1n) is 15.2. The van der Waals surface area contributed by atoms with Gasteiger partial charge in [0.15, 0.2) is 0 Å². The average Bonchev–Trinajstić information content (AvgIpc) is 3.60. The van der Waals surface area contributed by atoms with Crippen LogP contribution in [-0.4, -0.2) is 62.6 Å². The van der Waals surface area contributed by atoms with Gasteiger partial charge in [0.2, 0.25) is 5.91 Å². The molecule has 0 atom stereocenters. The molecule has 0 spiro atoms. The van der Waals surface area contributed by atoms with Crippen molar-refractivity contribution >= 4 is 44.3 Å². The lowest BCUT2D eigenvalue weighted by molar-refractivity contribution is -0.132. The van der Waals surface area contributed by atoms with Gasteiger partial charge in [0.1, 0.15) is 11.4 Å². The Morgan fingerprint density at radius 3 is 2.58 bits per heavy atom. The standard InChI is InChI=1S/C34H35N5O3S/c1-21-11-12-36-27(17-21)26-10-7-23-18-24(8-9-25(23)37-26)32-31(22-5-3-2-4-6-22)33-28(19-29(43-33)34(41)42)39(32)20-30(40)38-15-13-35-14-16-38/h7-12,17-19,22,35H,2-6,13-16,20H2,1H3,(H,41,42). The predicted molar refractivity (Wildman–Crippen MR) is 171 cm³/mol. The summed E-state index contributed by atoms with van der Waals surface area (Å²) in [6.07, 6.45) is 7.49. The van der Waals surface area contributed by atoms with Crippen molar-refractivity contribution in [2.75, 3.05) is 26.2 Å². The number of carboxylic acid groups (broad SMARTS) is 1. The molecule has 1 aliphatic heterocycles. The third-order valence-electron chi connectivity index (χ3n) is 8.90. The van der Waals surface area contributed by atoms with Crippen LogP contribution in [0, 0.1) is 6.92 Å². The van der Waals surface area contributed by atoms with E-state index < -0.39 is 5.97 Å². The molecule has 0 radical (unpaired) electrons. The van der Waals surface area contributed by atoms with Gasteiger partial charge in [-0.15, -0.1) is 11.3 Å². The van der Waals surface area contributed by atoms with Crippen molar-refractivity contribution < 1.29 is 14.7 Å². The highest BCUT2D eigenvalue weighted by Gasteiger charge is 2.30. The van der Waals surface area contributed by atoms with E-state index in [0.29, 0.717) is 23.9 Å². The van der Waals surface area contributed by atoms with Crippen LogP contribution in [0.15, 0.2) is 54.7 Å². The number of hydrogen-bond donors (Lipinski definition) is 2. The zero-order chi connectivity index (χ0) is 29.5. The number of pyridine rings is 2. The Balaban J connectivity index is 1.39. The van der Waals surface area contributed by atoms with Crippen molar-refractivity contribution in [3.8, 4) is 22.6 Å². The average molecular weight is 594 g/mol. The molecule has 43 heavy (non-hydrogen) atoms. The second-order valence-corrected chi connectivity index (χ2v) is 12.8. The summed E-state index contributed by atoms with van der Waals surface area (Å²) in [5.74, 6) is -0.533. The van der Waals surface area contributed by atoms with E-state index >= 15 is 0 Å². The number of carbonyl (C=O) groups excluding carboxylic acids is 1. The molecule has 1 saturated carbocycles. The molecule has 5 heterocycles. The van der Waals surface area contributed by atoms with E-state index in [-0.39, 0.29) is 12.5 Å². The van der Waals surface area contributed by atoms with Crippen LogP contribution in [0.2, 0.25) is 0 Å². The van der Waals surface area contributed by atoms with Gasteiger partial charge in [-0.1, -0.05) is 31.4 Å². The summed E-state index contributed by atoms with van der Waals surface area (Å²) >= 11 is 1.35. The number of aromatic nitrogens is 3. The van der Waals surface area contributed by atoms with Crippen LogP contribution >= 0.6 is 11.3 Å². The molecular formula is C34H35N5O3S. The summed E-state index contributed by atoms with van der Waals surface area (Å²) in [7, 11) is 0. The second-order valence-electron chi connectivity index (χ2n) is 11.8. The molecule has 2 fully saturated rings. The maximum atomic E-state index is 13.7. The van der Waals surface area contributed by atoms with E-state index in [1.165, 1.54) is 23.3 Å². The number of thiophene rings is 1. The van der Waals surface area contributed by atoms with Crippen molar-refractivity contribution in [3.05, 3.63) is 70.7 Å². The third kappa shape index (κ3) is 5.32. The van der Waals surface area contributed by atoms with Crippen LogP contribution in [-0.2, 0) is 11.3 Å². The number of benzene rings is 1. The maximum absolute atomic E-state index is 13.7. The minimum Gasteiger partial charge on any atom is -0.477 e. The molecule has 9 heteroatoms. The van der Waals surface area contributed by atoms with Crippen LogP contribution < -0.4 is 5.32 Å². The molecule has 1 aliphatic carbocycles. The van der Waals surface area contributed by atoms with Crippen LogP contribution in [0.1, 0.15) is 58.8 Å². The quantitative estimate of drug-likeness (QED) is 0.234. The minimum absolute atomic E-state index is 0.0654. The smallest absolute Gasteiger partial charge is 0.345 e. The van der Waals surface area contributed by atoms with Gasteiger partial charge in [-0.3, -0.25) is 9.78 Å². The molecule has 4 aromatic heterocycles. The highest BCUT2D eigenvalue weighted by molar-refractivity contribution is 7.21. The Labute approximate surface area is 254 Å². The van der Waals surface area contributed by atoms with Crippen molar-refractivity contribution in [3.63, 3.8) is 0 Å². The number of carboxylic acids is 1. The van der Waals surface area contributed by atoms with Crippen molar-refractivity contribution in [2.45, 2.75) is 51.5 Å². The third-order valence-corrected chi connectivity index (χ3v) is 10.0. The fourth-order valence-electron chi connectivity index (χ4n) is 6.74. The van der Waals surface area contributed by atoms with E-state index in [9.17, 15) is 14.7 Å². The summed E-state index contributed by atoms with van der Waals surface area (Å²) in [5, 5.41) is 14.3. The molecular weight excluding hydrogens is 558 g/mol. The molecule has 1 amide bonds. The number of aromatic carboxylic acids is 1. The summed E-state index contributed by atoms with van der Waals surface area (Å²) < 4.78 is 3.11. The fraction of sp³-hybridized carbons (Fsp3) is 0.353. The van der Waals surface area contributed by atoms with Gasteiger partial charge >= 0.3 is 5.97 Å². The lowest BCUT2D eigenvalue weighted by Gasteiger charge is -2.28. The first-order chi connectivity index (χ1) is 21.0. The monoisotopic (exact) mass is 593 g/mol. The first-order valence-corrected chi connectivity index (χ1v) is 16.0. The molecule has 0 unspecified atom stereocenters. The van der Waals surface area contributed by atoms with Gasteiger partial charge in [0.05, 0.1) is 32.8 Å². The van der Waals surface area contributed by atoms with E-state index in [1.54, 1.807) is 6.07 Å². The summed E-state index contributed by atoms with van der Waals surface area (Å²) in [6, 6.07) is 16.2. The van der Waals surface area contributed by atoms with Gasteiger partial charge in [-0.2, -0.15) is 0 Å². The van der Waals surface area contributed by atoms with Crippen LogP contribution in [0.4, 0.5) is 0 Å². The van der Waals surface area contributed by atoms with Crippen molar-refractivity contribution in [1.82, 2.24) is 24.8 Å². The molecule has 220 valence electrons. The van der Waals surface area contributed by atoms with Crippen LogP contribution in [0.5, 0.6) is 0 Å². The van der Waals surface area contributed by atoms with Crippen molar-refractivity contribution in [1.29, 1.82) is 0 Å². The Bertz CT molecular complexity index is 1850. The Morgan fingerprint density at radius 2 is 1.81 bits per heavy atom. The Hall–Kier alpha value is -4.08. The van der Waals surface area contributed by atoms with Gasteiger partial charge in [-0.25, -0.2) is 9.78 Å². The number of fused-ring (bicyclic) bond motifs is 2. The van der Waals surface area contributed by atoms with Crippen LogP contribution in [0.3, 0.4) is 0 Å². The summed E-state index contributed by atoms with van der Waals surface area (Å²) in [5.41, 5.74) is 7.82. The SMILES string of the molecule is Cc1ccnc(-c2ccc3cc(-c4c(C5CCCCC5)c5sc(C(=O)O)cc5n4CC(=O)N4CCNCC4)ccc3n2)c1. The van der Waals surface area contributed by atoms with Gasteiger partial charge < -0.3 is 19.9 Å². The number of nitrogens with one attached hydrogen (secondary N) is 1. The molecule has 8 nitrogen and oxygen atoms in total. The van der Waals surface area contributed by atoms with Crippen LogP contribution in [0.25, 0.3) is 43.8 Å². The number of nitrogens with zero attached hydrogens (tertiary/aromatic N) is 4. The minimum atomic E-state index is -0.923. The maximum Gasteiger partial charge on any atom is 0.345 e. The number of aryl methyl sites for hydroxylation is 1. The molecule has 1 saturated heterocycles. The zero-order valence-corrected chi connectivity index (χ0v) is 25.1. The van der Waals surface area contributed by atoms with E-state index in [0.717, 1.165) is 88.1 Å². The lowest BCUT2D eigenvalue weighted by Crippen LogP contribution is -2.47. The van der Waals surface area contributed by atoms with Gasteiger partial charge in [-0.05, 0) is 78.8 Å². The zero-order valence-electron chi connectivity index (χ0n) is 24.3. The molecule has 0 bridgehead atoms. The largest absolute Gasteiger partial charge is 0.477 e. The normalized spacial score (nSPS) is 16.3. The molecule has 2 N–H and O–H groups in total. The fourth-order valence-corrected chi connectivity index (χ4v) is 7.87. The number of piperazine rings is 1. The Morgan fingerprint density at radius 1 is 1.00 bits per heavy atom. The number of rotatable bonds is 6. The topological polar surface area (TPSA) is 100 Å². The van der Waals surface area contributed by atoms with Gasteiger partial charge in [0.25, 0.3) is 0 Å². The second kappa shape index (κ2) is 11.5. The van der Waals surface area contributed by atoms with Crippen molar-refractivity contribution in [2.24, 2.45) is 0 Å². The molecule has 5 aromatic rings. The molecule has 2 aliphatic rings. The summed E-state index contributed by atoms with van der Waals surface area (Å²) in [6.45, 7) is 5.16. The van der Waals surface area contributed by atoms with E-state index in [2.05, 4.69) is 46.1 Å².